The van der Waals surface area contributed by atoms with Gasteiger partial charge in [-0.3, -0.25) is 4.79 Å². The Labute approximate surface area is 189 Å². The van der Waals surface area contributed by atoms with Gasteiger partial charge in [0.25, 0.3) is 6.47 Å². The Morgan fingerprint density at radius 2 is 1.29 bits per heavy atom. The lowest BCUT2D eigenvalue weighted by Gasteiger charge is -1.97. The molecule has 0 spiro atoms. The number of methoxy groups -OCH3 is 1. The number of aliphatic hydroxyl groups is 1. The fraction of sp³-hybridized carbons (Fsp3) is 0.111. The Balaban J connectivity index is 0.000000233. The van der Waals surface area contributed by atoms with Crippen molar-refractivity contribution in [2.75, 3.05) is 7.11 Å². The van der Waals surface area contributed by atoms with Crippen LogP contribution < -0.4 is 9.47 Å². The second kappa shape index (κ2) is 13.6. The standard InChI is InChI=1S/C6H3ClFNO2.2C6H5ClFNO/c7-6-4(8)1-2-5(9-6)11-3-10;1-10-5-3-2-4(8)6(7)9-5;7-6-5(8)2-1-4(3-10)9-6/h1-3H;2-3H,1H3;1-2,10H,3H2. The molecule has 0 aliphatic rings. The van der Waals surface area contributed by atoms with Crippen molar-refractivity contribution in [1.82, 2.24) is 15.0 Å². The van der Waals surface area contributed by atoms with E-state index in [0.29, 0.717) is 11.6 Å². The predicted octanol–water partition coefficient (Wildman–Crippen LogP) is 4.66. The first-order valence-corrected chi connectivity index (χ1v) is 9.05. The van der Waals surface area contributed by atoms with Crippen molar-refractivity contribution < 1.29 is 32.5 Å². The van der Waals surface area contributed by atoms with E-state index < -0.39 is 17.5 Å². The Bertz CT molecular complexity index is 965. The van der Waals surface area contributed by atoms with Gasteiger partial charge in [0.15, 0.2) is 32.9 Å². The highest BCUT2D eigenvalue weighted by atomic mass is 35.5. The van der Waals surface area contributed by atoms with Crippen LogP contribution in [0.25, 0.3) is 0 Å². The largest absolute Gasteiger partial charge is 0.481 e. The lowest BCUT2D eigenvalue weighted by Crippen LogP contribution is -1.92. The predicted molar refractivity (Wildman–Crippen MR) is 107 cm³/mol. The van der Waals surface area contributed by atoms with Crippen LogP contribution in [0.5, 0.6) is 11.8 Å². The molecule has 0 saturated heterocycles. The maximum Gasteiger partial charge on any atom is 0.299 e. The van der Waals surface area contributed by atoms with Crippen molar-refractivity contribution in [3.05, 3.63) is 75.0 Å². The molecule has 0 aliphatic carbocycles. The number of ether oxygens (including phenoxy) is 2. The zero-order valence-electron chi connectivity index (χ0n) is 15.5. The molecular formula is C18H13Cl3F3N3O4. The fourth-order valence-electron chi connectivity index (χ4n) is 1.57. The molecule has 0 bridgehead atoms. The number of rotatable bonds is 4. The molecule has 3 rings (SSSR count). The molecule has 13 heteroatoms. The van der Waals surface area contributed by atoms with E-state index in [0.717, 1.165) is 6.07 Å². The number of pyridine rings is 3. The van der Waals surface area contributed by atoms with Gasteiger partial charge in [0.2, 0.25) is 11.8 Å². The first kappa shape index (κ1) is 26.4. The summed E-state index contributed by atoms with van der Waals surface area (Å²) in [6.07, 6.45) is 0. The smallest absolute Gasteiger partial charge is 0.299 e. The average Bonchev–Trinajstić information content (AvgIpc) is 2.76. The normalized spacial score (nSPS) is 9.55. The molecule has 1 N–H and O–H groups in total. The first-order valence-electron chi connectivity index (χ1n) is 7.92. The molecule has 0 radical (unpaired) electrons. The molecule has 0 aromatic carbocycles. The Morgan fingerprint density at radius 1 is 0.839 bits per heavy atom. The van der Waals surface area contributed by atoms with Crippen molar-refractivity contribution in [1.29, 1.82) is 0 Å². The molecule has 0 saturated carbocycles. The molecule has 7 nitrogen and oxygen atoms in total. The summed E-state index contributed by atoms with van der Waals surface area (Å²) in [5.74, 6) is -1.47. The van der Waals surface area contributed by atoms with E-state index in [4.69, 9.17) is 39.9 Å². The summed E-state index contributed by atoms with van der Waals surface area (Å²) in [6.45, 7) is -0.0312. The molecule has 0 unspecified atom stereocenters. The van der Waals surface area contributed by atoms with E-state index in [1.54, 1.807) is 0 Å². The minimum atomic E-state index is -0.648. The topological polar surface area (TPSA) is 94.4 Å². The summed E-state index contributed by atoms with van der Waals surface area (Å²) in [4.78, 5) is 20.3. The number of carbonyl (C=O) groups excluding carboxylic acids is 1. The number of hydrogen-bond donors (Lipinski definition) is 1. The highest BCUT2D eigenvalue weighted by molar-refractivity contribution is 6.30. The van der Waals surface area contributed by atoms with Gasteiger partial charge < -0.3 is 14.6 Å². The van der Waals surface area contributed by atoms with Gasteiger partial charge in [-0.1, -0.05) is 34.8 Å². The van der Waals surface area contributed by atoms with Crippen LogP contribution >= 0.6 is 34.8 Å². The zero-order valence-corrected chi connectivity index (χ0v) is 17.8. The van der Waals surface area contributed by atoms with E-state index in [1.807, 2.05) is 0 Å². The van der Waals surface area contributed by atoms with Crippen molar-refractivity contribution >= 4 is 41.3 Å². The molecule has 0 fully saturated rings. The van der Waals surface area contributed by atoms with Crippen LogP contribution in [0.1, 0.15) is 5.69 Å². The molecule has 3 heterocycles. The molecule has 0 amide bonds. The van der Waals surface area contributed by atoms with E-state index in [1.165, 1.54) is 37.4 Å². The van der Waals surface area contributed by atoms with Gasteiger partial charge in [-0.15, -0.1) is 0 Å². The minimum Gasteiger partial charge on any atom is -0.481 e. The molecule has 3 aromatic heterocycles. The van der Waals surface area contributed by atoms with Crippen LogP contribution in [0.4, 0.5) is 13.2 Å². The second-order valence-corrected chi connectivity index (χ2v) is 6.07. The maximum absolute atomic E-state index is 12.4. The fourth-order valence-corrected chi connectivity index (χ4v) is 2.04. The maximum atomic E-state index is 12.4. The van der Waals surface area contributed by atoms with Crippen LogP contribution in [-0.2, 0) is 11.4 Å². The summed E-state index contributed by atoms with van der Waals surface area (Å²) < 4.78 is 46.1. The van der Waals surface area contributed by atoms with Gasteiger partial charge in [0, 0.05) is 12.1 Å². The number of aliphatic hydroxyl groups excluding tert-OH is 1. The number of hydrogen-bond acceptors (Lipinski definition) is 7. The highest BCUT2D eigenvalue weighted by Crippen LogP contribution is 2.16. The van der Waals surface area contributed by atoms with Crippen molar-refractivity contribution in [2.24, 2.45) is 0 Å². The third-order valence-electron chi connectivity index (χ3n) is 2.96. The molecule has 31 heavy (non-hydrogen) atoms. The summed E-state index contributed by atoms with van der Waals surface area (Å²) in [5, 5.41) is 7.82. The van der Waals surface area contributed by atoms with Crippen molar-refractivity contribution in [3.63, 3.8) is 0 Å². The summed E-state index contributed by atoms with van der Waals surface area (Å²) in [5.41, 5.74) is 0.367. The lowest BCUT2D eigenvalue weighted by molar-refractivity contribution is -0.120. The quantitative estimate of drug-likeness (QED) is 0.413. The average molecular weight is 499 g/mol. The second-order valence-electron chi connectivity index (χ2n) is 5.00. The Kier molecular flexibility index (Phi) is 11.6. The van der Waals surface area contributed by atoms with E-state index in [-0.39, 0.29) is 34.4 Å². The molecular weight excluding hydrogens is 486 g/mol. The monoisotopic (exact) mass is 497 g/mol. The summed E-state index contributed by atoms with van der Waals surface area (Å²) in [7, 11) is 1.44. The number of carbonyl (C=O) groups is 1. The van der Waals surface area contributed by atoms with Crippen LogP contribution in [0, 0.1) is 17.5 Å². The van der Waals surface area contributed by atoms with Crippen LogP contribution in [0.2, 0.25) is 15.5 Å². The van der Waals surface area contributed by atoms with E-state index in [9.17, 15) is 18.0 Å². The van der Waals surface area contributed by atoms with Gasteiger partial charge in [-0.25, -0.2) is 18.2 Å². The van der Waals surface area contributed by atoms with E-state index in [2.05, 4.69) is 24.4 Å². The number of nitrogens with zero attached hydrogens (tertiary/aromatic N) is 3. The molecule has 3 aromatic rings. The molecule has 0 aliphatic heterocycles. The summed E-state index contributed by atoms with van der Waals surface area (Å²) >= 11 is 15.9. The van der Waals surface area contributed by atoms with Crippen LogP contribution in [-0.4, -0.2) is 33.6 Å². The van der Waals surface area contributed by atoms with Gasteiger partial charge in [0.1, 0.15) is 0 Å². The van der Waals surface area contributed by atoms with Gasteiger partial charge >= 0.3 is 0 Å². The minimum absolute atomic E-state index is 0.0219. The number of halogens is 6. The molecule has 166 valence electrons. The van der Waals surface area contributed by atoms with Gasteiger partial charge in [-0.2, -0.15) is 9.97 Å². The van der Waals surface area contributed by atoms with Crippen molar-refractivity contribution in [2.45, 2.75) is 6.61 Å². The SMILES string of the molecule is COc1ccc(F)c(Cl)n1.O=COc1ccc(F)c(Cl)n1.OCc1ccc(F)c(Cl)n1. The molecule has 0 atom stereocenters. The summed E-state index contributed by atoms with van der Waals surface area (Å²) in [6, 6.07) is 7.42. The Hall–Kier alpha value is -2.66. The highest BCUT2D eigenvalue weighted by Gasteiger charge is 2.02. The van der Waals surface area contributed by atoms with Gasteiger partial charge in [0.05, 0.1) is 19.4 Å². The van der Waals surface area contributed by atoms with Crippen LogP contribution in [0.15, 0.2) is 36.4 Å². The third-order valence-corrected chi connectivity index (χ3v) is 3.75. The van der Waals surface area contributed by atoms with Crippen molar-refractivity contribution in [3.8, 4) is 11.8 Å². The Morgan fingerprint density at radius 3 is 1.71 bits per heavy atom. The lowest BCUT2D eigenvalue weighted by atomic mass is 10.4. The van der Waals surface area contributed by atoms with Gasteiger partial charge in [-0.05, 0) is 24.3 Å². The van der Waals surface area contributed by atoms with E-state index >= 15 is 0 Å². The van der Waals surface area contributed by atoms with Crippen LogP contribution in [0.3, 0.4) is 0 Å². The number of aromatic nitrogens is 3. The third kappa shape index (κ3) is 9.35. The zero-order chi connectivity index (χ0) is 23.4. The first-order chi connectivity index (χ1) is 14.7.